The molecule has 0 aliphatic rings. The molecular formula is C12H9F2NO2. The zero-order valence-corrected chi connectivity index (χ0v) is 9.01. The molecule has 0 saturated heterocycles. The summed E-state index contributed by atoms with van der Waals surface area (Å²) in [6, 6.07) is 2.47. The molecule has 1 aromatic carbocycles. The average molecular weight is 237 g/mol. The van der Waals surface area contributed by atoms with Crippen LogP contribution in [-0.4, -0.2) is 18.1 Å². The monoisotopic (exact) mass is 237 g/mol. The Morgan fingerprint density at radius 3 is 2.76 bits per heavy atom. The Kier molecular flexibility index (Phi) is 2.67. The molecule has 3 nitrogen and oxygen atoms in total. The number of methoxy groups -OCH3 is 1. The number of H-pyrrole nitrogens is 1. The summed E-state index contributed by atoms with van der Waals surface area (Å²) in [6.45, 7) is 3.33. The van der Waals surface area contributed by atoms with Crippen LogP contribution in [0.4, 0.5) is 8.78 Å². The van der Waals surface area contributed by atoms with E-state index in [1.807, 2.05) is 0 Å². The second-order valence-corrected chi connectivity index (χ2v) is 3.43. The van der Waals surface area contributed by atoms with E-state index in [1.54, 1.807) is 0 Å². The number of hydrogen-bond donors (Lipinski definition) is 1. The Balaban J connectivity index is 2.73. The van der Waals surface area contributed by atoms with Crippen LogP contribution in [-0.2, 0) is 4.74 Å². The summed E-state index contributed by atoms with van der Waals surface area (Å²) in [5.74, 6) is -2.13. The van der Waals surface area contributed by atoms with Gasteiger partial charge in [0.1, 0.15) is 11.5 Å². The van der Waals surface area contributed by atoms with E-state index in [1.165, 1.54) is 13.2 Å². The molecule has 0 fully saturated rings. The number of aromatic nitrogens is 1. The number of aromatic amines is 1. The number of rotatable bonds is 2. The van der Waals surface area contributed by atoms with Gasteiger partial charge in [-0.3, -0.25) is 0 Å². The number of esters is 1. The van der Waals surface area contributed by atoms with Gasteiger partial charge < -0.3 is 9.72 Å². The van der Waals surface area contributed by atoms with Gasteiger partial charge >= 0.3 is 5.97 Å². The van der Waals surface area contributed by atoms with Gasteiger partial charge in [-0.15, -0.1) is 0 Å². The zero-order chi connectivity index (χ0) is 12.6. The van der Waals surface area contributed by atoms with E-state index >= 15 is 0 Å². The molecule has 17 heavy (non-hydrogen) atoms. The first-order valence-corrected chi connectivity index (χ1v) is 4.80. The van der Waals surface area contributed by atoms with Crippen molar-refractivity contribution in [3.05, 3.63) is 41.6 Å². The minimum absolute atomic E-state index is 0.0571. The Hall–Kier alpha value is -2.17. The molecule has 0 saturated carbocycles. The van der Waals surface area contributed by atoms with Crippen molar-refractivity contribution < 1.29 is 18.3 Å². The first-order valence-electron chi connectivity index (χ1n) is 4.80. The van der Waals surface area contributed by atoms with Crippen molar-refractivity contribution in [3.8, 4) is 0 Å². The summed E-state index contributed by atoms with van der Waals surface area (Å²) >= 11 is 0. The number of ether oxygens (including phenoxy) is 1. The van der Waals surface area contributed by atoms with Crippen molar-refractivity contribution in [2.24, 2.45) is 0 Å². The molecule has 0 amide bonds. The van der Waals surface area contributed by atoms with Crippen molar-refractivity contribution in [1.29, 1.82) is 0 Å². The lowest BCUT2D eigenvalue weighted by molar-refractivity contribution is 0.0595. The first kappa shape index (κ1) is 11.3. The molecule has 0 aliphatic carbocycles. The van der Waals surface area contributed by atoms with Crippen LogP contribution in [0.2, 0.25) is 0 Å². The average Bonchev–Trinajstić information content (AvgIpc) is 2.72. The van der Waals surface area contributed by atoms with Crippen LogP contribution in [0.1, 0.15) is 16.1 Å². The molecule has 5 heteroatoms. The number of carbonyl (C=O) groups is 1. The maximum Gasteiger partial charge on any atom is 0.354 e. The lowest BCUT2D eigenvalue weighted by Crippen LogP contribution is -2.00. The number of nitrogens with one attached hydrogen (secondary N) is 1. The van der Waals surface area contributed by atoms with Gasteiger partial charge in [-0.25, -0.2) is 13.6 Å². The molecular weight excluding hydrogens is 228 g/mol. The highest BCUT2D eigenvalue weighted by Crippen LogP contribution is 2.25. The number of benzene rings is 1. The topological polar surface area (TPSA) is 42.1 Å². The summed E-state index contributed by atoms with van der Waals surface area (Å²) in [7, 11) is 1.21. The van der Waals surface area contributed by atoms with E-state index < -0.39 is 17.6 Å². The lowest BCUT2D eigenvalue weighted by Gasteiger charge is -2.00. The van der Waals surface area contributed by atoms with E-state index in [0.717, 1.165) is 12.1 Å². The summed E-state index contributed by atoms with van der Waals surface area (Å²) in [6.07, 6.45) is 1.09. The van der Waals surface area contributed by atoms with E-state index in [9.17, 15) is 13.6 Å². The Labute approximate surface area is 95.7 Å². The fraction of sp³-hybridized carbons (Fsp3) is 0.0833. The molecule has 88 valence electrons. The van der Waals surface area contributed by atoms with Gasteiger partial charge in [-0.2, -0.15) is 0 Å². The predicted molar refractivity (Wildman–Crippen MR) is 59.6 cm³/mol. The second kappa shape index (κ2) is 4.01. The minimum Gasteiger partial charge on any atom is -0.464 e. The van der Waals surface area contributed by atoms with Crippen LogP contribution in [0.15, 0.2) is 18.7 Å². The van der Waals surface area contributed by atoms with Crippen molar-refractivity contribution >= 4 is 22.9 Å². The molecule has 0 radical (unpaired) electrons. The fourth-order valence-corrected chi connectivity index (χ4v) is 1.63. The minimum atomic E-state index is -0.773. The van der Waals surface area contributed by atoms with Gasteiger partial charge in [-0.05, 0) is 12.1 Å². The molecule has 0 atom stereocenters. The van der Waals surface area contributed by atoms with Crippen molar-refractivity contribution in [3.63, 3.8) is 0 Å². The molecule has 0 unspecified atom stereocenters. The van der Waals surface area contributed by atoms with Gasteiger partial charge in [0.05, 0.1) is 12.6 Å². The van der Waals surface area contributed by atoms with Crippen molar-refractivity contribution in [2.75, 3.05) is 7.11 Å². The summed E-state index contributed by atoms with van der Waals surface area (Å²) in [5.41, 5.74) is -0.0977. The van der Waals surface area contributed by atoms with Crippen LogP contribution in [0.5, 0.6) is 0 Å². The van der Waals surface area contributed by atoms with Crippen LogP contribution in [0.25, 0.3) is 17.0 Å². The Morgan fingerprint density at radius 1 is 1.47 bits per heavy atom. The number of fused-ring (bicyclic) bond motifs is 1. The number of halogens is 2. The highest BCUT2D eigenvalue weighted by atomic mass is 19.1. The quantitative estimate of drug-likeness (QED) is 0.816. The molecule has 1 N–H and O–H groups in total. The van der Waals surface area contributed by atoms with Crippen LogP contribution < -0.4 is 0 Å². The Bertz CT molecular complexity index is 616. The van der Waals surface area contributed by atoms with E-state index in [2.05, 4.69) is 16.3 Å². The first-order chi connectivity index (χ1) is 8.08. The number of hydrogen-bond acceptors (Lipinski definition) is 2. The Morgan fingerprint density at radius 2 is 2.18 bits per heavy atom. The standard InChI is InChI=1S/C12H9F2NO2/c1-3-7-8(13)4-6-5-9(12(16)17-2)15-11(6)10(7)14/h3-5,15H,1H2,2H3. The number of carbonyl (C=O) groups excluding carboxylic acids is 1. The summed E-state index contributed by atoms with van der Waals surface area (Å²) in [4.78, 5) is 13.8. The molecule has 0 bridgehead atoms. The molecule has 2 aromatic rings. The second-order valence-electron chi connectivity index (χ2n) is 3.43. The van der Waals surface area contributed by atoms with Crippen molar-refractivity contribution in [2.45, 2.75) is 0 Å². The zero-order valence-electron chi connectivity index (χ0n) is 9.01. The highest BCUT2D eigenvalue weighted by molar-refractivity contribution is 5.95. The largest absolute Gasteiger partial charge is 0.464 e. The van der Waals surface area contributed by atoms with Crippen molar-refractivity contribution in [1.82, 2.24) is 4.98 Å². The summed E-state index contributed by atoms with van der Waals surface area (Å²) < 4.78 is 31.7. The van der Waals surface area contributed by atoms with E-state index in [4.69, 9.17) is 0 Å². The SMILES string of the molecule is C=Cc1c(F)cc2cc(C(=O)OC)[nH]c2c1F. The summed E-state index contributed by atoms with van der Waals surface area (Å²) in [5, 5.41) is 0.269. The maximum absolute atomic E-state index is 13.8. The maximum atomic E-state index is 13.8. The van der Waals surface area contributed by atoms with E-state index in [0.29, 0.717) is 0 Å². The third-order valence-corrected chi connectivity index (χ3v) is 2.45. The predicted octanol–water partition coefficient (Wildman–Crippen LogP) is 2.88. The van der Waals surface area contributed by atoms with Gasteiger partial charge in [0.2, 0.25) is 0 Å². The highest BCUT2D eigenvalue weighted by Gasteiger charge is 2.16. The van der Waals surface area contributed by atoms with Gasteiger partial charge in [0.25, 0.3) is 0 Å². The smallest absolute Gasteiger partial charge is 0.354 e. The van der Waals surface area contributed by atoms with E-state index in [-0.39, 0.29) is 22.2 Å². The third-order valence-electron chi connectivity index (χ3n) is 2.45. The van der Waals surface area contributed by atoms with Gasteiger partial charge in [0, 0.05) is 10.9 Å². The van der Waals surface area contributed by atoms with Crippen LogP contribution in [0, 0.1) is 11.6 Å². The molecule has 1 aromatic heterocycles. The lowest BCUT2D eigenvalue weighted by atomic mass is 10.1. The fourth-order valence-electron chi connectivity index (χ4n) is 1.63. The normalized spacial score (nSPS) is 10.5. The van der Waals surface area contributed by atoms with Gasteiger partial charge in [-0.1, -0.05) is 12.7 Å². The molecule has 1 heterocycles. The molecule has 2 rings (SSSR count). The van der Waals surface area contributed by atoms with Gasteiger partial charge in [0.15, 0.2) is 5.82 Å². The molecule has 0 aliphatic heterocycles. The van der Waals surface area contributed by atoms with Crippen LogP contribution in [0.3, 0.4) is 0 Å². The van der Waals surface area contributed by atoms with Crippen LogP contribution >= 0.6 is 0 Å². The third kappa shape index (κ3) is 1.69. The molecule has 0 spiro atoms.